The first-order valence-corrected chi connectivity index (χ1v) is 6.34. The molecular weight excluding hydrogens is 224 g/mol. The maximum Gasteiger partial charge on any atom is 0.244 e. The van der Waals surface area contributed by atoms with Gasteiger partial charge in [0.25, 0.3) is 0 Å². The Morgan fingerprint density at radius 2 is 1.33 bits per heavy atom. The molecule has 0 aliphatic heterocycles. The standard InChI is InChI=1S/C14H18N4/c1-2-3-4-5-6-7-8-13(9-15)14(10-16,11-17)12-18/h13H,2-8H2,1H3. The van der Waals surface area contributed by atoms with Crippen molar-refractivity contribution in [3.05, 3.63) is 0 Å². The average Bonchev–Trinajstić information content (AvgIpc) is 2.42. The Balaban J connectivity index is 4.23. The van der Waals surface area contributed by atoms with Gasteiger partial charge >= 0.3 is 0 Å². The van der Waals surface area contributed by atoms with Crippen LogP contribution in [0.4, 0.5) is 0 Å². The van der Waals surface area contributed by atoms with E-state index in [1.54, 1.807) is 18.2 Å². The van der Waals surface area contributed by atoms with Crippen molar-refractivity contribution in [1.29, 1.82) is 21.0 Å². The van der Waals surface area contributed by atoms with E-state index in [4.69, 9.17) is 21.0 Å². The van der Waals surface area contributed by atoms with E-state index in [1.165, 1.54) is 19.3 Å². The molecule has 0 spiro atoms. The summed E-state index contributed by atoms with van der Waals surface area (Å²) in [7, 11) is 0. The van der Waals surface area contributed by atoms with E-state index in [-0.39, 0.29) is 0 Å². The molecule has 94 valence electrons. The monoisotopic (exact) mass is 242 g/mol. The Bertz CT molecular complexity index is 363. The van der Waals surface area contributed by atoms with E-state index in [9.17, 15) is 0 Å². The van der Waals surface area contributed by atoms with Crippen LogP contribution in [0.25, 0.3) is 0 Å². The summed E-state index contributed by atoms with van der Waals surface area (Å²) in [5, 5.41) is 35.7. The van der Waals surface area contributed by atoms with Gasteiger partial charge in [-0.1, -0.05) is 45.4 Å². The first kappa shape index (κ1) is 16.0. The fourth-order valence-corrected chi connectivity index (χ4v) is 1.82. The van der Waals surface area contributed by atoms with Crippen molar-refractivity contribution >= 4 is 0 Å². The second kappa shape index (κ2) is 9.04. The summed E-state index contributed by atoms with van der Waals surface area (Å²) in [6.07, 6.45) is 6.88. The zero-order chi connectivity index (χ0) is 13.9. The lowest BCUT2D eigenvalue weighted by atomic mass is 9.77. The maximum atomic E-state index is 8.99. The molecule has 1 unspecified atom stereocenters. The SMILES string of the molecule is CCCCCCCCC(C#N)C(C#N)(C#N)C#N. The summed E-state index contributed by atoms with van der Waals surface area (Å²) < 4.78 is 0. The lowest BCUT2D eigenvalue weighted by molar-refractivity contribution is 0.429. The Labute approximate surface area is 109 Å². The lowest BCUT2D eigenvalue weighted by Gasteiger charge is -2.15. The van der Waals surface area contributed by atoms with E-state index < -0.39 is 11.3 Å². The van der Waals surface area contributed by atoms with E-state index in [0.29, 0.717) is 6.42 Å². The van der Waals surface area contributed by atoms with Crippen molar-refractivity contribution in [3.63, 3.8) is 0 Å². The zero-order valence-electron chi connectivity index (χ0n) is 10.8. The molecule has 0 amide bonds. The second-order valence-electron chi connectivity index (χ2n) is 4.38. The minimum atomic E-state index is -1.81. The summed E-state index contributed by atoms with van der Waals surface area (Å²) in [5.74, 6) is -0.816. The highest BCUT2D eigenvalue weighted by Gasteiger charge is 2.40. The van der Waals surface area contributed by atoms with Crippen LogP contribution in [-0.4, -0.2) is 0 Å². The van der Waals surface area contributed by atoms with Crippen LogP contribution >= 0.6 is 0 Å². The zero-order valence-corrected chi connectivity index (χ0v) is 10.8. The Kier molecular flexibility index (Phi) is 8.01. The predicted molar refractivity (Wildman–Crippen MR) is 66.4 cm³/mol. The molecule has 4 nitrogen and oxygen atoms in total. The summed E-state index contributed by atoms with van der Waals surface area (Å²) >= 11 is 0. The third-order valence-corrected chi connectivity index (χ3v) is 3.05. The van der Waals surface area contributed by atoms with Gasteiger partial charge in [0.2, 0.25) is 5.41 Å². The van der Waals surface area contributed by atoms with Crippen LogP contribution in [-0.2, 0) is 0 Å². The topological polar surface area (TPSA) is 95.2 Å². The van der Waals surface area contributed by atoms with Crippen LogP contribution < -0.4 is 0 Å². The first-order valence-electron chi connectivity index (χ1n) is 6.34. The summed E-state index contributed by atoms with van der Waals surface area (Å²) in [5.41, 5.74) is -1.81. The molecule has 0 saturated heterocycles. The molecular formula is C14H18N4. The highest BCUT2D eigenvalue weighted by molar-refractivity contribution is 5.30. The fraction of sp³-hybridized carbons (Fsp3) is 0.714. The molecule has 0 rings (SSSR count). The van der Waals surface area contributed by atoms with Crippen LogP contribution in [0.1, 0.15) is 51.9 Å². The summed E-state index contributed by atoms with van der Waals surface area (Å²) in [6.45, 7) is 2.15. The maximum absolute atomic E-state index is 8.99. The molecule has 0 N–H and O–H groups in total. The predicted octanol–water partition coefficient (Wildman–Crippen LogP) is 3.43. The third kappa shape index (κ3) is 4.45. The normalized spacial score (nSPS) is 11.6. The Morgan fingerprint density at radius 3 is 1.78 bits per heavy atom. The number of unbranched alkanes of at least 4 members (excludes halogenated alkanes) is 5. The van der Waals surface area contributed by atoms with Crippen molar-refractivity contribution in [2.45, 2.75) is 51.9 Å². The van der Waals surface area contributed by atoms with Gasteiger partial charge in [-0.3, -0.25) is 0 Å². The number of nitriles is 4. The van der Waals surface area contributed by atoms with Gasteiger partial charge in [0.1, 0.15) is 18.2 Å². The molecule has 0 saturated carbocycles. The first-order chi connectivity index (χ1) is 8.70. The van der Waals surface area contributed by atoms with Crippen LogP contribution in [0, 0.1) is 56.7 Å². The summed E-state index contributed by atoms with van der Waals surface area (Å²) in [4.78, 5) is 0. The Morgan fingerprint density at radius 1 is 0.833 bits per heavy atom. The van der Waals surface area contributed by atoms with Crippen molar-refractivity contribution in [3.8, 4) is 24.3 Å². The van der Waals surface area contributed by atoms with Crippen molar-refractivity contribution < 1.29 is 0 Å². The van der Waals surface area contributed by atoms with E-state index in [2.05, 4.69) is 6.92 Å². The van der Waals surface area contributed by atoms with Gasteiger partial charge in [-0.2, -0.15) is 21.0 Å². The van der Waals surface area contributed by atoms with Crippen LogP contribution in [0.3, 0.4) is 0 Å². The van der Waals surface area contributed by atoms with Gasteiger partial charge in [0, 0.05) is 0 Å². The van der Waals surface area contributed by atoms with Crippen LogP contribution in [0.2, 0.25) is 0 Å². The smallest absolute Gasteiger partial charge is 0.198 e. The molecule has 0 aromatic rings. The van der Waals surface area contributed by atoms with Gasteiger partial charge in [-0.15, -0.1) is 0 Å². The molecule has 0 radical (unpaired) electrons. The van der Waals surface area contributed by atoms with Gasteiger partial charge in [0.05, 0.1) is 12.0 Å². The van der Waals surface area contributed by atoms with Crippen molar-refractivity contribution in [2.75, 3.05) is 0 Å². The molecule has 0 aliphatic rings. The van der Waals surface area contributed by atoms with Gasteiger partial charge in [0.15, 0.2) is 0 Å². The largest absolute Gasteiger partial charge is 0.244 e. The van der Waals surface area contributed by atoms with Gasteiger partial charge in [-0.25, -0.2) is 0 Å². The van der Waals surface area contributed by atoms with Crippen molar-refractivity contribution in [1.82, 2.24) is 0 Å². The molecule has 0 aromatic carbocycles. The molecule has 0 bridgehead atoms. The van der Waals surface area contributed by atoms with E-state index >= 15 is 0 Å². The van der Waals surface area contributed by atoms with Gasteiger partial charge < -0.3 is 0 Å². The van der Waals surface area contributed by atoms with Crippen LogP contribution in [0.5, 0.6) is 0 Å². The molecule has 4 heteroatoms. The van der Waals surface area contributed by atoms with Crippen molar-refractivity contribution in [2.24, 2.45) is 11.3 Å². The van der Waals surface area contributed by atoms with E-state index in [1.807, 2.05) is 6.07 Å². The highest BCUT2D eigenvalue weighted by Crippen LogP contribution is 2.29. The van der Waals surface area contributed by atoms with Gasteiger partial charge in [-0.05, 0) is 6.42 Å². The molecule has 0 aromatic heterocycles. The average molecular weight is 242 g/mol. The quantitative estimate of drug-likeness (QED) is 0.609. The lowest BCUT2D eigenvalue weighted by Crippen LogP contribution is -2.24. The molecule has 0 aliphatic carbocycles. The Hall–Kier alpha value is -2.04. The summed E-state index contributed by atoms with van der Waals surface area (Å²) in [6, 6.07) is 6.98. The second-order valence-corrected chi connectivity index (χ2v) is 4.38. The minimum Gasteiger partial charge on any atom is -0.198 e. The van der Waals surface area contributed by atoms with Crippen LogP contribution in [0.15, 0.2) is 0 Å². The third-order valence-electron chi connectivity index (χ3n) is 3.05. The number of rotatable bonds is 8. The number of hydrogen-bond acceptors (Lipinski definition) is 4. The number of hydrogen-bond donors (Lipinski definition) is 0. The molecule has 0 fully saturated rings. The molecule has 18 heavy (non-hydrogen) atoms. The van der Waals surface area contributed by atoms with E-state index in [0.717, 1.165) is 19.3 Å². The highest BCUT2D eigenvalue weighted by atomic mass is 14.5. The minimum absolute atomic E-state index is 0.442. The molecule has 0 heterocycles. The fourth-order valence-electron chi connectivity index (χ4n) is 1.82. The number of nitrogens with zero attached hydrogens (tertiary/aromatic N) is 4. The molecule has 1 atom stereocenters.